The first kappa shape index (κ1) is 19.4. The maximum atomic E-state index is 12.5. The summed E-state index contributed by atoms with van der Waals surface area (Å²) in [4.78, 5) is 14.6. The van der Waals surface area contributed by atoms with Crippen molar-refractivity contribution in [3.63, 3.8) is 0 Å². The molecule has 0 saturated heterocycles. The molecule has 0 spiro atoms. The Hall–Kier alpha value is -2.33. The molecule has 0 unspecified atom stereocenters. The molecule has 140 valence electrons. The molecular weight excluding hydrogens is 400 g/mol. The molecule has 27 heavy (non-hydrogen) atoms. The number of hydrogen-bond acceptors (Lipinski definition) is 2. The topological polar surface area (TPSA) is 25.2 Å². The molecule has 0 radical (unpaired) electrons. The average molecular weight is 425 g/mol. The highest BCUT2D eigenvalue weighted by molar-refractivity contribution is 9.09. The standard InChI is InChI=1S/C23H25BrN2O/c1-25(18-21-5-3-2-4-6-21)22-13-16-26(23(27)17-22)15-12-20-9-7-19(8-10-20)11-14-24/h2-10,13,16-17H,11-12,14-15,18H2,1H3. The van der Waals surface area contributed by atoms with Gasteiger partial charge in [0.05, 0.1) is 0 Å². The van der Waals surface area contributed by atoms with Gasteiger partial charge in [-0.2, -0.15) is 0 Å². The lowest BCUT2D eigenvalue weighted by molar-refractivity contribution is 0.668. The van der Waals surface area contributed by atoms with Gasteiger partial charge in [0.15, 0.2) is 0 Å². The lowest BCUT2D eigenvalue weighted by Gasteiger charge is -2.19. The Kier molecular flexibility index (Phi) is 6.88. The number of halogens is 1. The fraction of sp³-hybridized carbons (Fsp3) is 0.261. The second kappa shape index (κ2) is 9.56. The smallest absolute Gasteiger partial charge is 0.252 e. The fourth-order valence-corrected chi connectivity index (χ4v) is 3.56. The molecule has 4 heteroatoms. The van der Waals surface area contributed by atoms with Crippen molar-refractivity contribution in [3.8, 4) is 0 Å². The molecule has 2 aromatic carbocycles. The summed E-state index contributed by atoms with van der Waals surface area (Å²) in [6, 6.07) is 22.7. The second-order valence-electron chi connectivity index (χ2n) is 6.76. The van der Waals surface area contributed by atoms with E-state index in [1.165, 1.54) is 16.7 Å². The Morgan fingerprint density at radius 2 is 1.56 bits per heavy atom. The lowest BCUT2D eigenvalue weighted by atomic mass is 10.1. The van der Waals surface area contributed by atoms with Crippen LogP contribution in [0.1, 0.15) is 16.7 Å². The molecule has 3 aromatic rings. The summed E-state index contributed by atoms with van der Waals surface area (Å²) in [5, 5.41) is 0.979. The maximum absolute atomic E-state index is 12.5. The highest BCUT2D eigenvalue weighted by Crippen LogP contribution is 2.13. The van der Waals surface area contributed by atoms with E-state index in [0.29, 0.717) is 6.54 Å². The van der Waals surface area contributed by atoms with Gasteiger partial charge in [0.1, 0.15) is 0 Å². The first-order valence-corrected chi connectivity index (χ1v) is 10.4. The third-order valence-electron chi connectivity index (χ3n) is 4.73. The third kappa shape index (κ3) is 5.57. The van der Waals surface area contributed by atoms with Crippen LogP contribution in [-0.2, 0) is 25.9 Å². The van der Waals surface area contributed by atoms with E-state index in [1.54, 1.807) is 10.6 Å². The van der Waals surface area contributed by atoms with Crippen LogP contribution in [0.4, 0.5) is 5.69 Å². The maximum Gasteiger partial charge on any atom is 0.252 e. The molecule has 0 aliphatic rings. The van der Waals surface area contributed by atoms with Gasteiger partial charge >= 0.3 is 0 Å². The predicted octanol–water partition coefficient (Wildman–Crippen LogP) is 4.66. The molecule has 0 aliphatic heterocycles. The summed E-state index contributed by atoms with van der Waals surface area (Å²) in [5.41, 5.74) is 4.80. The van der Waals surface area contributed by atoms with Gasteiger partial charge in [-0.15, -0.1) is 0 Å². The van der Waals surface area contributed by atoms with E-state index in [-0.39, 0.29) is 5.56 Å². The number of alkyl halides is 1. The molecule has 0 amide bonds. The molecule has 0 N–H and O–H groups in total. The fourth-order valence-electron chi connectivity index (χ4n) is 3.10. The third-order valence-corrected chi connectivity index (χ3v) is 5.13. The number of aromatic nitrogens is 1. The number of benzene rings is 2. The van der Waals surface area contributed by atoms with Crippen molar-refractivity contribution in [2.75, 3.05) is 17.3 Å². The van der Waals surface area contributed by atoms with Crippen LogP contribution < -0.4 is 10.5 Å². The van der Waals surface area contributed by atoms with Crippen molar-refractivity contribution in [3.05, 3.63) is 100.0 Å². The molecular formula is C23H25BrN2O. The normalized spacial score (nSPS) is 10.7. The van der Waals surface area contributed by atoms with Gasteiger partial charge in [0.25, 0.3) is 5.56 Å². The number of pyridine rings is 1. The molecule has 1 aromatic heterocycles. The van der Waals surface area contributed by atoms with Crippen molar-refractivity contribution in [1.82, 2.24) is 4.57 Å². The summed E-state index contributed by atoms with van der Waals surface area (Å²) < 4.78 is 1.78. The quantitative estimate of drug-likeness (QED) is 0.491. The van der Waals surface area contributed by atoms with Crippen LogP contribution in [0.3, 0.4) is 0 Å². The zero-order valence-electron chi connectivity index (χ0n) is 15.6. The summed E-state index contributed by atoms with van der Waals surface area (Å²) in [7, 11) is 2.01. The van der Waals surface area contributed by atoms with Gasteiger partial charge in [0, 0.05) is 43.4 Å². The minimum atomic E-state index is 0.0447. The van der Waals surface area contributed by atoms with Crippen molar-refractivity contribution in [1.29, 1.82) is 0 Å². The Morgan fingerprint density at radius 3 is 2.19 bits per heavy atom. The highest BCUT2D eigenvalue weighted by Gasteiger charge is 2.05. The molecule has 0 atom stereocenters. The molecule has 3 nitrogen and oxygen atoms in total. The zero-order valence-corrected chi connectivity index (χ0v) is 17.2. The van der Waals surface area contributed by atoms with E-state index in [2.05, 4.69) is 57.2 Å². The molecule has 1 heterocycles. The van der Waals surface area contributed by atoms with E-state index >= 15 is 0 Å². The van der Waals surface area contributed by atoms with Gasteiger partial charge < -0.3 is 9.47 Å². The van der Waals surface area contributed by atoms with Gasteiger partial charge in [-0.3, -0.25) is 4.79 Å². The summed E-state index contributed by atoms with van der Waals surface area (Å²) in [6.45, 7) is 1.48. The number of rotatable bonds is 8. The van der Waals surface area contributed by atoms with Crippen molar-refractivity contribution < 1.29 is 0 Å². The Bertz CT molecular complexity index is 904. The summed E-state index contributed by atoms with van der Waals surface area (Å²) in [5.74, 6) is 0. The molecule has 0 saturated carbocycles. The largest absolute Gasteiger partial charge is 0.370 e. The van der Waals surface area contributed by atoms with Crippen LogP contribution in [0.5, 0.6) is 0 Å². The zero-order chi connectivity index (χ0) is 19.1. The summed E-state index contributed by atoms with van der Waals surface area (Å²) >= 11 is 3.47. The average Bonchev–Trinajstić information content (AvgIpc) is 2.69. The second-order valence-corrected chi connectivity index (χ2v) is 7.56. The summed E-state index contributed by atoms with van der Waals surface area (Å²) in [6.07, 6.45) is 3.80. The lowest BCUT2D eigenvalue weighted by Crippen LogP contribution is -2.23. The van der Waals surface area contributed by atoms with Crippen LogP contribution in [0, 0.1) is 0 Å². The van der Waals surface area contributed by atoms with Crippen LogP contribution >= 0.6 is 15.9 Å². The van der Waals surface area contributed by atoms with Crippen molar-refractivity contribution >= 4 is 21.6 Å². The van der Waals surface area contributed by atoms with Gasteiger partial charge in [0.2, 0.25) is 0 Å². The number of aryl methyl sites for hydroxylation is 3. The minimum absolute atomic E-state index is 0.0447. The Balaban J connectivity index is 1.61. The van der Waals surface area contributed by atoms with Crippen LogP contribution in [0.2, 0.25) is 0 Å². The number of anilines is 1. The number of hydrogen-bond donors (Lipinski definition) is 0. The predicted molar refractivity (Wildman–Crippen MR) is 117 cm³/mol. The number of nitrogens with zero attached hydrogens (tertiary/aromatic N) is 2. The molecule has 0 fully saturated rings. The van der Waals surface area contributed by atoms with E-state index in [4.69, 9.17) is 0 Å². The van der Waals surface area contributed by atoms with E-state index < -0.39 is 0 Å². The molecule has 0 aliphatic carbocycles. The van der Waals surface area contributed by atoms with E-state index in [1.807, 2.05) is 37.5 Å². The van der Waals surface area contributed by atoms with Crippen molar-refractivity contribution in [2.45, 2.75) is 25.9 Å². The monoisotopic (exact) mass is 424 g/mol. The minimum Gasteiger partial charge on any atom is -0.370 e. The molecule has 3 rings (SSSR count). The van der Waals surface area contributed by atoms with Crippen LogP contribution in [0.15, 0.2) is 77.7 Å². The van der Waals surface area contributed by atoms with E-state index in [9.17, 15) is 4.79 Å². The van der Waals surface area contributed by atoms with Gasteiger partial charge in [-0.05, 0) is 35.6 Å². The SMILES string of the molecule is CN(Cc1ccccc1)c1ccn(CCc2ccc(CCBr)cc2)c(=O)c1. The first-order valence-electron chi connectivity index (χ1n) is 9.25. The Morgan fingerprint density at radius 1 is 0.889 bits per heavy atom. The van der Waals surface area contributed by atoms with Gasteiger partial charge in [-0.25, -0.2) is 0 Å². The molecule has 0 bridgehead atoms. The Labute approximate surface area is 169 Å². The van der Waals surface area contributed by atoms with Gasteiger partial charge in [-0.1, -0.05) is 70.5 Å². The van der Waals surface area contributed by atoms with Crippen LogP contribution in [-0.4, -0.2) is 16.9 Å². The van der Waals surface area contributed by atoms with Crippen molar-refractivity contribution in [2.24, 2.45) is 0 Å². The van der Waals surface area contributed by atoms with Crippen LogP contribution in [0.25, 0.3) is 0 Å². The first-order chi connectivity index (χ1) is 13.2. The van der Waals surface area contributed by atoms with E-state index in [0.717, 1.165) is 30.4 Å². The highest BCUT2D eigenvalue weighted by atomic mass is 79.9.